The zero-order chi connectivity index (χ0) is 11.4. The largest absolute Gasteiger partial charge is 0.365 e. The average molecular weight is 255 g/mol. The number of hydrogen-bond acceptors (Lipinski definition) is 5. The van der Waals surface area contributed by atoms with Crippen molar-refractivity contribution in [3.8, 4) is 0 Å². The summed E-state index contributed by atoms with van der Waals surface area (Å²) in [5.41, 5.74) is 3.40. The second kappa shape index (κ2) is 5.19. The normalized spacial score (nSPS) is 19.2. The molecule has 0 atom stereocenters. The third-order valence-corrected chi connectivity index (χ3v) is 4.50. The predicted molar refractivity (Wildman–Crippen MR) is 72.4 cm³/mol. The Morgan fingerprint density at radius 3 is 3.00 bits per heavy atom. The Balaban J connectivity index is 1.73. The third-order valence-electron chi connectivity index (χ3n) is 2.39. The number of thiazole rings is 1. The minimum absolute atomic E-state index is 0.352. The fraction of sp³-hybridized carbons (Fsp3) is 0.636. The maximum Gasteiger partial charge on any atom is 0.156 e. The molecule has 1 aliphatic heterocycles. The molecule has 3 nitrogen and oxygen atoms in total. The number of nitrogens with zero attached hydrogens (tertiary/aromatic N) is 2. The van der Waals surface area contributed by atoms with E-state index in [1.54, 1.807) is 11.3 Å². The summed E-state index contributed by atoms with van der Waals surface area (Å²) >= 11 is 3.48. The molecule has 1 aliphatic rings. The van der Waals surface area contributed by atoms with Crippen LogP contribution in [0.15, 0.2) is 15.9 Å². The van der Waals surface area contributed by atoms with Gasteiger partial charge in [0.1, 0.15) is 0 Å². The van der Waals surface area contributed by atoms with Crippen molar-refractivity contribution in [2.45, 2.75) is 20.3 Å². The Hall–Kier alpha value is -0.550. The standard InChI is InChI=1S/C11H17N3S2/c1-11(2)6-13-10(16-7-11)12-4-3-9-5-15-8-14-9/h5,8H,3-4,6-7H2,1-2H3,(H,12,13). The van der Waals surface area contributed by atoms with Crippen LogP contribution < -0.4 is 5.32 Å². The van der Waals surface area contributed by atoms with Crippen molar-refractivity contribution in [3.63, 3.8) is 0 Å². The maximum atomic E-state index is 4.55. The lowest BCUT2D eigenvalue weighted by Gasteiger charge is -2.27. The molecule has 1 aromatic heterocycles. The van der Waals surface area contributed by atoms with E-state index in [2.05, 4.69) is 34.5 Å². The van der Waals surface area contributed by atoms with E-state index in [-0.39, 0.29) is 0 Å². The van der Waals surface area contributed by atoms with Crippen LogP contribution >= 0.6 is 23.1 Å². The van der Waals surface area contributed by atoms with Gasteiger partial charge in [-0.1, -0.05) is 25.6 Å². The molecule has 0 aliphatic carbocycles. The van der Waals surface area contributed by atoms with Crippen molar-refractivity contribution in [3.05, 3.63) is 16.6 Å². The van der Waals surface area contributed by atoms with Crippen LogP contribution in [0.2, 0.25) is 0 Å². The highest BCUT2D eigenvalue weighted by atomic mass is 32.2. The van der Waals surface area contributed by atoms with E-state index in [9.17, 15) is 0 Å². The van der Waals surface area contributed by atoms with Crippen molar-refractivity contribution < 1.29 is 0 Å². The molecule has 1 N–H and O–H groups in total. The van der Waals surface area contributed by atoms with E-state index < -0.39 is 0 Å². The highest BCUT2D eigenvalue weighted by molar-refractivity contribution is 8.13. The number of amidine groups is 1. The Bertz CT molecular complexity index is 357. The van der Waals surface area contributed by atoms with Crippen LogP contribution in [0.4, 0.5) is 0 Å². The Labute approximate surface area is 105 Å². The Morgan fingerprint density at radius 1 is 1.50 bits per heavy atom. The molecule has 0 bridgehead atoms. The molecule has 2 heterocycles. The van der Waals surface area contributed by atoms with Crippen molar-refractivity contribution in [2.75, 3.05) is 18.8 Å². The van der Waals surface area contributed by atoms with E-state index in [1.165, 1.54) is 5.69 Å². The zero-order valence-electron chi connectivity index (χ0n) is 9.69. The number of rotatable bonds is 3. The average Bonchev–Trinajstić information content (AvgIpc) is 2.73. The minimum Gasteiger partial charge on any atom is -0.365 e. The van der Waals surface area contributed by atoms with Gasteiger partial charge >= 0.3 is 0 Å². The van der Waals surface area contributed by atoms with E-state index >= 15 is 0 Å². The fourth-order valence-electron chi connectivity index (χ4n) is 1.41. The van der Waals surface area contributed by atoms with Gasteiger partial charge in [-0.3, -0.25) is 4.99 Å². The SMILES string of the molecule is CC1(C)CN=C(NCCc2cscn2)SC1. The van der Waals surface area contributed by atoms with Gasteiger partial charge < -0.3 is 5.32 Å². The number of aliphatic imine (C=N–C) groups is 1. The third kappa shape index (κ3) is 3.49. The van der Waals surface area contributed by atoms with Gasteiger partial charge in [-0.2, -0.15) is 0 Å². The number of hydrogen-bond donors (Lipinski definition) is 1. The van der Waals surface area contributed by atoms with Crippen molar-refractivity contribution in [1.82, 2.24) is 10.3 Å². The van der Waals surface area contributed by atoms with E-state index in [0.29, 0.717) is 5.41 Å². The van der Waals surface area contributed by atoms with Gasteiger partial charge in [-0.15, -0.1) is 11.3 Å². The van der Waals surface area contributed by atoms with Crippen LogP contribution in [0.1, 0.15) is 19.5 Å². The zero-order valence-corrected chi connectivity index (χ0v) is 11.3. The van der Waals surface area contributed by atoms with Gasteiger partial charge in [0.25, 0.3) is 0 Å². The molecule has 88 valence electrons. The summed E-state index contributed by atoms with van der Waals surface area (Å²) < 4.78 is 0. The molecule has 1 aromatic rings. The molecule has 16 heavy (non-hydrogen) atoms. The first-order valence-electron chi connectivity index (χ1n) is 5.44. The van der Waals surface area contributed by atoms with Gasteiger partial charge in [0.15, 0.2) is 5.17 Å². The van der Waals surface area contributed by atoms with Gasteiger partial charge in [0.2, 0.25) is 0 Å². The summed E-state index contributed by atoms with van der Waals surface area (Å²) in [7, 11) is 0. The number of aromatic nitrogens is 1. The minimum atomic E-state index is 0.352. The van der Waals surface area contributed by atoms with Gasteiger partial charge in [-0.25, -0.2) is 4.98 Å². The first-order chi connectivity index (χ1) is 7.66. The first-order valence-corrected chi connectivity index (χ1v) is 7.37. The molecule has 5 heteroatoms. The van der Waals surface area contributed by atoms with Crippen LogP contribution in [0.5, 0.6) is 0 Å². The van der Waals surface area contributed by atoms with Crippen LogP contribution in [0.25, 0.3) is 0 Å². The molecule has 0 saturated carbocycles. The van der Waals surface area contributed by atoms with Gasteiger partial charge in [0, 0.05) is 30.6 Å². The van der Waals surface area contributed by atoms with Crippen LogP contribution in [0.3, 0.4) is 0 Å². The summed E-state index contributed by atoms with van der Waals surface area (Å²) in [6, 6.07) is 0. The highest BCUT2D eigenvalue weighted by Gasteiger charge is 2.22. The van der Waals surface area contributed by atoms with E-state index in [1.807, 2.05) is 17.3 Å². The quantitative estimate of drug-likeness (QED) is 0.901. The topological polar surface area (TPSA) is 37.3 Å². The lowest BCUT2D eigenvalue weighted by Crippen LogP contribution is -2.32. The van der Waals surface area contributed by atoms with E-state index in [0.717, 1.165) is 30.4 Å². The Kier molecular flexibility index (Phi) is 3.86. The molecule has 0 spiro atoms. The van der Waals surface area contributed by atoms with Crippen molar-refractivity contribution in [2.24, 2.45) is 10.4 Å². The molecule has 0 unspecified atom stereocenters. The highest BCUT2D eigenvalue weighted by Crippen LogP contribution is 2.26. The Morgan fingerprint density at radius 2 is 2.38 bits per heavy atom. The molecule has 2 rings (SSSR count). The van der Waals surface area contributed by atoms with Crippen LogP contribution in [0, 0.1) is 5.41 Å². The van der Waals surface area contributed by atoms with Crippen molar-refractivity contribution in [1.29, 1.82) is 0 Å². The second-order valence-electron chi connectivity index (χ2n) is 4.73. The molecular weight excluding hydrogens is 238 g/mol. The van der Waals surface area contributed by atoms with Gasteiger partial charge in [0.05, 0.1) is 11.2 Å². The predicted octanol–water partition coefficient (Wildman–Crippen LogP) is 2.40. The summed E-state index contributed by atoms with van der Waals surface area (Å²) in [4.78, 5) is 8.81. The number of nitrogens with one attached hydrogen (secondary N) is 1. The monoisotopic (exact) mass is 255 g/mol. The molecule has 0 amide bonds. The van der Waals surface area contributed by atoms with E-state index in [4.69, 9.17) is 0 Å². The lowest BCUT2D eigenvalue weighted by atomic mass is 9.97. The molecular formula is C11H17N3S2. The van der Waals surface area contributed by atoms with Gasteiger partial charge in [-0.05, 0) is 5.41 Å². The molecule has 0 aromatic carbocycles. The molecule has 0 saturated heterocycles. The molecule has 0 fully saturated rings. The smallest absolute Gasteiger partial charge is 0.156 e. The summed E-state index contributed by atoms with van der Waals surface area (Å²) in [5.74, 6) is 1.15. The van der Waals surface area contributed by atoms with Crippen molar-refractivity contribution >= 4 is 28.3 Å². The summed E-state index contributed by atoms with van der Waals surface area (Å²) in [6.07, 6.45) is 0.979. The lowest BCUT2D eigenvalue weighted by molar-refractivity contribution is 0.437. The second-order valence-corrected chi connectivity index (χ2v) is 6.41. The summed E-state index contributed by atoms with van der Waals surface area (Å²) in [6.45, 7) is 6.38. The van der Waals surface area contributed by atoms with Crippen LogP contribution in [-0.4, -0.2) is 29.0 Å². The first kappa shape index (κ1) is 11.9. The van der Waals surface area contributed by atoms with Crippen LogP contribution in [-0.2, 0) is 6.42 Å². The number of thioether (sulfide) groups is 1. The summed E-state index contributed by atoms with van der Waals surface area (Å²) in [5, 5.41) is 6.57. The maximum absolute atomic E-state index is 4.55. The molecule has 0 radical (unpaired) electrons. The fourth-order valence-corrected chi connectivity index (χ4v) is 2.98.